The Kier molecular flexibility index (Phi) is 4.75. The fourth-order valence-electron chi connectivity index (χ4n) is 2.61. The maximum atomic E-state index is 12.0. The van der Waals surface area contributed by atoms with E-state index in [0.29, 0.717) is 4.88 Å². The number of anilines is 1. The number of benzene rings is 1. The standard InChI is InChI=1S/C17H19NO3S/c19-14-4-1-2-5-15(14)21-13-9-7-12(8-10-13)18-17(20)16-6-3-11-22-16/h3,6-11,14-15,19H,1-2,4-5H2,(H,18,20). The summed E-state index contributed by atoms with van der Waals surface area (Å²) in [5.74, 6) is 0.617. The highest BCUT2D eigenvalue weighted by molar-refractivity contribution is 7.12. The summed E-state index contributed by atoms with van der Waals surface area (Å²) in [6.45, 7) is 0. The molecule has 2 atom stereocenters. The third-order valence-electron chi connectivity index (χ3n) is 3.81. The first-order chi connectivity index (χ1) is 10.7. The topological polar surface area (TPSA) is 58.6 Å². The Morgan fingerprint density at radius 1 is 1.18 bits per heavy atom. The van der Waals surface area contributed by atoms with Gasteiger partial charge in [0.05, 0.1) is 11.0 Å². The van der Waals surface area contributed by atoms with Crippen molar-refractivity contribution in [1.29, 1.82) is 0 Å². The molecule has 1 amide bonds. The average Bonchev–Trinajstić information content (AvgIpc) is 3.06. The van der Waals surface area contributed by atoms with Gasteiger partial charge in [-0.15, -0.1) is 11.3 Å². The molecule has 1 saturated carbocycles. The number of ether oxygens (including phenoxy) is 1. The molecule has 1 aromatic carbocycles. The molecule has 0 aliphatic heterocycles. The van der Waals surface area contributed by atoms with Crippen LogP contribution >= 0.6 is 11.3 Å². The minimum absolute atomic E-state index is 0.105. The lowest BCUT2D eigenvalue weighted by atomic mass is 9.95. The van der Waals surface area contributed by atoms with E-state index in [1.54, 1.807) is 6.07 Å². The number of nitrogens with one attached hydrogen (secondary N) is 1. The molecule has 0 saturated heterocycles. The molecule has 1 aromatic heterocycles. The molecule has 116 valence electrons. The summed E-state index contributed by atoms with van der Waals surface area (Å²) in [6, 6.07) is 10.9. The van der Waals surface area contributed by atoms with E-state index >= 15 is 0 Å². The number of hydrogen-bond donors (Lipinski definition) is 2. The van der Waals surface area contributed by atoms with Crippen LogP contribution in [0, 0.1) is 0 Å². The first kappa shape index (κ1) is 15.1. The van der Waals surface area contributed by atoms with Gasteiger partial charge in [0.15, 0.2) is 0 Å². The van der Waals surface area contributed by atoms with Gasteiger partial charge in [0.2, 0.25) is 0 Å². The summed E-state index contributed by atoms with van der Waals surface area (Å²) in [7, 11) is 0. The first-order valence-corrected chi connectivity index (χ1v) is 8.40. The zero-order valence-corrected chi connectivity index (χ0v) is 13.0. The molecule has 1 heterocycles. The van der Waals surface area contributed by atoms with Gasteiger partial charge in [-0.25, -0.2) is 0 Å². The lowest BCUT2D eigenvalue weighted by molar-refractivity contribution is 0.00688. The van der Waals surface area contributed by atoms with E-state index < -0.39 is 0 Å². The Balaban J connectivity index is 1.59. The SMILES string of the molecule is O=C(Nc1ccc(OC2CCCCC2O)cc1)c1cccs1. The summed E-state index contributed by atoms with van der Waals surface area (Å²) in [5.41, 5.74) is 0.731. The van der Waals surface area contributed by atoms with Gasteiger partial charge in [-0.1, -0.05) is 12.5 Å². The molecule has 0 radical (unpaired) electrons. The van der Waals surface area contributed by atoms with Crippen LogP contribution in [-0.4, -0.2) is 23.2 Å². The van der Waals surface area contributed by atoms with E-state index in [2.05, 4.69) is 5.32 Å². The third-order valence-corrected chi connectivity index (χ3v) is 4.68. The zero-order chi connectivity index (χ0) is 15.4. The predicted molar refractivity (Wildman–Crippen MR) is 87.6 cm³/mol. The van der Waals surface area contributed by atoms with Gasteiger partial charge in [0, 0.05) is 5.69 Å². The first-order valence-electron chi connectivity index (χ1n) is 7.52. The minimum Gasteiger partial charge on any atom is -0.488 e. The number of thiophene rings is 1. The van der Waals surface area contributed by atoms with Gasteiger partial charge in [-0.3, -0.25) is 4.79 Å². The van der Waals surface area contributed by atoms with Crippen LogP contribution in [0.25, 0.3) is 0 Å². The highest BCUT2D eigenvalue weighted by Gasteiger charge is 2.24. The minimum atomic E-state index is -0.382. The molecule has 1 fully saturated rings. The van der Waals surface area contributed by atoms with Crippen LogP contribution in [0.3, 0.4) is 0 Å². The number of carbonyl (C=O) groups is 1. The molecule has 5 heteroatoms. The van der Waals surface area contributed by atoms with Crippen molar-refractivity contribution in [3.63, 3.8) is 0 Å². The molecular weight excluding hydrogens is 298 g/mol. The van der Waals surface area contributed by atoms with Crippen molar-refractivity contribution >= 4 is 22.9 Å². The fourth-order valence-corrected chi connectivity index (χ4v) is 3.23. The molecule has 0 bridgehead atoms. The fraction of sp³-hybridized carbons (Fsp3) is 0.353. The van der Waals surface area contributed by atoms with Gasteiger partial charge in [-0.2, -0.15) is 0 Å². The Hall–Kier alpha value is -1.85. The van der Waals surface area contributed by atoms with E-state index in [-0.39, 0.29) is 18.1 Å². The second-order valence-corrected chi connectivity index (χ2v) is 6.41. The van der Waals surface area contributed by atoms with Crippen LogP contribution in [0.4, 0.5) is 5.69 Å². The number of rotatable bonds is 4. The zero-order valence-electron chi connectivity index (χ0n) is 12.2. The van der Waals surface area contributed by atoms with Crippen LogP contribution < -0.4 is 10.1 Å². The molecule has 2 aromatic rings. The summed E-state index contributed by atoms with van der Waals surface area (Å²) < 4.78 is 5.84. The lowest BCUT2D eigenvalue weighted by Gasteiger charge is -2.28. The van der Waals surface area contributed by atoms with E-state index in [4.69, 9.17) is 4.74 Å². The summed E-state index contributed by atoms with van der Waals surface area (Å²) >= 11 is 1.41. The number of amides is 1. The van der Waals surface area contributed by atoms with Crippen molar-refractivity contribution in [1.82, 2.24) is 0 Å². The van der Waals surface area contributed by atoms with Crippen molar-refractivity contribution in [3.8, 4) is 5.75 Å². The van der Waals surface area contributed by atoms with Crippen LogP contribution in [0.15, 0.2) is 41.8 Å². The Morgan fingerprint density at radius 2 is 1.95 bits per heavy atom. The predicted octanol–water partition coefficient (Wildman–Crippen LogP) is 3.68. The van der Waals surface area contributed by atoms with E-state index in [9.17, 15) is 9.90 Å². The molecule has 2 unspecified atom stereocenters. The van der Waals surface area contributed by atoms with Gasteiger partial charge >= 0.3 is 0 Å². The number of hydrogen-bond acceptors (Lipinski definition) is 4. The lowest BCUT2D eigenvalue weighted by Crippen LogP contribution is -2.34. The van der Waals surface area contributed by atoms with Gasteiger partial charge in [0.1, 0.15) is 11.9 Å². The molecule has 3 rings (SSSR count). The Bertz CT molecular complexity index is 609. The molecule has 4 nitrogen and oxygen atoms in total. The number of carbonyl (C=O) groups excluding carboxylic acids is 1. The van der Waals surface area contributed by atoms with Gasteiger partial charge in [-0.05, 0) is 55.0 Å². The molecule has 2 N–H and O–H groups in total. The summed E-state index contributed by atoms with van der Waals surface area (Å²) in [4.78, 5) is 12.6. The number of aliphatic hydroxyl groups is 1. The molecule has 22 heavy (non-hydrogen) atoms. The maximum Gasteiger partial charge on any atom is 0.265 e. The van der Waals surface area contributed by atoms with E-state index in [1.807, 2.05) is 35.7 Å². The smallest absolute Gasteiger partial charge is 0.265 e. The van der Waals surface area contributed by atoms with Crippen molar-refractivity contribution in [2.45, 2.75) is 37.9 Å². The second-order valence-electron chi connectivity index (χ2n) is 5.46. The van der Waals surface area contributed by atoms with Crippen LogP contribution in [-0.2, 0) is 0 Å². The monoisotopic (exact) mass is 317 g/mol. The molecular formula is C17H19NO3S. The maximum absolute atomic E-state index is 12.0. The van der Waals surface area contributed by atoms with Crippen molar-refractivity contribution in [2.75, 3.05) is 5.32 Å². The van der Waals surface area contributed by atoms with Crippen molar-refractivity contribution < 1.29 is 14.6 Å². The van der Waals surface area contributed by atoms with E-state index in [0.717, 1.165) is 37.1 Å². The quantitative estimate of drug-likeness (QED) is 0.904. The van der Waals surface area contributed by atoms with Gasteiger partial charge < -0.3 is 15.2 Å². The average molecular weight is 317 g/mol. The summed E-state index contributed by atoms with van der Waals surface area (Å²) in [5, 5.41) is 14.7. The highest BCUT2D eigenvalue weighted by Crippen LogP contribution is 2.25. The summed E-state index contributed by atoms with van der Waals surface area (Å²) in [6.07, 6.45) is 3.34. The molecule has 1 aliphatic carbocycles. The van der Waals surface area contributed by atoms with Crippen molar-refractivity contribution in [2.24, 2.45) is 0 Å². The highest BCUT2D eigenvalue weighted by atomic mass is 32.1. The molecule has 0 spiro atoms. The number of aliphatic hydroxyl groups excluding tert-OH is 1. The Labute approximate surface area is 133 Å². The largest absolute Gasteiger partial charge is 0.488 e. The van der Waals surface area contributed by atoms with E-state index in [1.165, 1.54) is 11.3 Å². The van der Waals surface area contributed by atoms with Crippen LogP contribution in [0.5, 0.6) is 5.75 Å². The Morgan fingerprint density at radius 3 is 2.64 bits per heavy atom. The second kappa shape index (κ2) is 6.94. The normalized spacial score (nSPS) is 21.3. The van der Waals surface area contributed by atoms with Crippen LogP contribution in [0.2, 0.25) is 0 Å². The van der Waals surface area contributed by atoms with Gasteiger partial charge in [0.25, 0.3) is 5.91 Å². The van der Waals surface area contributed by atoms with Crippen LogP contribution in [0.1, 0.15) is 35.4 Å². The third kappa shape index (κ3) is 3.67. The van der Waals surface area contributed by atoms with Crippen molar-refractivity contribution in [3.05, 3.63) is 46.7 Å². The molecule has 1 aliphatic rings.